The van der Waals surface area contributed by atoms with Gasteiger partial charge in [0.05, 0.1) is 20.7 Å². The number of Topliss-reactive ketones (excluding diaryl/α,β-unsaturated/α-hetero) is 1. The number of rotatable bonds is 11. The van der Waals surface area contributed by atoms with Gasteiger partial charge in [-0.1, -0.05) is 77.4 Å². The summed E-state index contributed by atoms with van der Waals surface area (Å²) in [6.07, 6.45) is 4.94. The van der Waals surface area contributed by atoms with E-state index in [-0.39, 0.29) is 18.0 Å². The minimum atomic E-state index is -1.73. The van der Waals surface area contributed by atoms with Crippen LogP contribution in [-0.2, 0) is 19.0 Å². The fourth-order valence-electron chi connectivity index (χ4n) is 6.79. The highest BCUT2D eigenvalue weighted by atomic mass is 28.3. The van der Waals surface area contributed by atoms with E-state index in [4.69, 9.17) is 14.2 Å². The molecule has 0 aliphatic heterocycles. The third kappa shape index (κ3) is 4.82. The first-order valence-electron chi connectivity index (χ1n) is 12.2. The quantitative estimate of drug-likeness (QED) is 0.322. The van der Waals surface area contributed by atoms with Crippen molar-refractivity contribution in [2.24, 2.45) is 5.92 Å². The van der Waals surface area contributed by atoms with E-state index in [0.717, 1.165) is 25.3 Å². The van der Waals surface area contributed by atoms with Crippen LogP contribution in [0.4, 0.5) is 0 Å². The molecule has 31 heavy (non-hydrogen) atoms. The Hall–Kier alpha value is -0.693. The summed E-state index contributed by atoms with van der Waals surface area (Å²) in [6.45, 7) is 14.9. The van der Waals surface area contributed by atoms with Crippen LogP contribution in [0.2, 0.25) is 22.7 Å². The zero-order valence-electron chi connectivity index (χ0n) is 21.5. The Morgan fingerprint density at radius 3 is 2.03 bits per heavy atom. The number of nitrogens with one attached hydrogen (secondary N) is 1. The summed E-state index contributed by atoms with van der Waals surface area (Å²) in [6, 6.07) is 1.06. The Kier molecular flexibility index (Phi) is 9.38. The molecule has 1 saturated carbocycles. The Morgan fingerprint density at radius 1 is 0.968 bits per heavy atom. The molecular formula is C25H47NO4Si. The van der Waals surface area contributed by atoms with Gasteiger partial charge in [-0.15, -0.1) is 0 Å². The highest BCUT2D eigenvalue weighted by Gasteiger charge is 2.57. The first-order chi connectivity index (χ1) is 14.6. The van der Waals surface area contributed by atoms with E-state index >= 15 is 0 Å². The van der Waals surface area contributed by atoms with Crippen LogP contribution in [0.5, 0.6) is 0 Å². The van der Waals surface area contributed by atoms with Crippen LogP contribution in [0.15, 0.2) is 11.3 Å². The second-order valence-electron chi connectivity index (χ2n) is 10.5. The molecule has 0 aromatic carbocycles. The SMILES string of the molecule is COC1=C(C[Si](C(C)C)(C(C)C)C(C)C)[C@H]2CCCCC[C@@]2(NCC(OC)OC)C1=O. The van der Waals surface area contributed by atoms with Crippen molar-refractivity contribution >= 4 is 13.9 Å². The van der Waals surface area contributed by atoms with Gasteiger partial charge in [0.25, 0.3) is 0 Å². The molecule has 5 nitrogen and oxygen atoms in total. The number of methoxy groups -OCH3 is 3. The number of ether oxygens (including phenoxy) is 3. The lowest BCUT2D eigenvalue weighted by Gasteiger charge is -2.45. The number of ketones is 1. The maximum absolute atomic E-state index is 13.9. The van der Waals surface area contributed by atoms with Gasteiger partial charge in [-0.05, 0) is 24.5 Å². The fraction of sp³-hybridized carbons (Fsp3) is 0.880. The van der Waals surface area contributed by atoms with Gasteiger partial charge in [0.15, 0.2) is 12.0 Å². The maximum atomic E-state index is 13.9. The van der Waals surface area contributed by atoms with Crippen molar-refractivity contribution in [3.05, 3.63) is 11.3 Å². The molecule has 0 radical (unpaired) electrons. The Labute approximate surface area is 191 Å². The van der Waals surface area contributed by atoms with Crippen molar-refractivity contribution in [3.8, 4) is 0 Å². The zero-order chi connectivity index (χ0) is 23.4. The van der Waals surface area contributed by atoms with Gasteiger partial charge in [0, 0.05) is 26.7 Å². The monoisotopic (exact) mass is 453 g/mol. The molecule has 1 N–H and O–H groups in total. The van der Waals surface area contributed by atoms with Crippen LogP contribution in [0.3, 0.4) is 0 Å². The fourth-order valence-corrected chi connectivity index (χ4v) is 13.1. The van der Waals surface area contributed by atoms with Gasteiger partial charge in [-0.3, -0.25) is 10.1 Å². The van der Waals surface area contributed by atoms with Crippen LogP contribution < -0.4 is 5.32 Å². The van der Waals surface area contributed by atoms with E-state index in [1.54, 1.807) is 21.3 Å². The summed E-state index contributed by atoms with van der Waals surface area (Å²) in [5.41, 5.74) is 2.66. The normalized spacial score (nSPS) is 25.2. The van der Waals surface area contributed by atoms with Crippen molar-refractivity contribution in [3.63, 3.8) is 0 Å². The standard InChI is InChI=1S/C25H47NO4Si/c1-17(2)31(18(3)4,19(5)6)16-20-21-13-11-10-12-14-25(21,24(27)23(20)30-9)26-15-22(28-7)29-8/h17-19,21-22,26H,10-16H2,1-9H3/t21-,25+/m1/s1. The van der Waals surface area contributed by atoms with Gasteiger partial charge in [0.1, 0.15) is 0 Å². The Morgan fingerprint density at radius 2 is 1.55 bits per heavy atom. The molecule has 6 heteroatoms. The lowest BCUT2D eigenvalue weighted by atomic mass is 9.79. The van der Waals surface area contributed by atoms with Crippen molar-refractivity contribution in [2.75, 3.05) is 27.9 Å². The van der Waals surface area contributed by atoms with E-state index < -0.39 is 13.6 Å². The van der Waals surface area contributed by atoms with E-state index in [0.29, 0.717) is 28.9 Å². The van der Waals surface area contributed by atoms with Gasteiger partial charge in [-0.2, -0.15) is 0 Å². The lowest BCUT2D eigenvalue weighted by molar-refractivity contribution is -0.128. The van der Waals surface area contributed by atoms with Crippen molar-refractivity contribution in [1.29, 1.82) is 0 Å². The van der Waals surface area contributed by atoms with E-state index in [9.17, 15) is 4.79 Å². The molecule has 0 aromatic heterocycles. The lowest BCUT2D eigenvalue weighted by Crippen LogP contribution is -2.57. The molecule has 2 rings (SSSR count). The summed E-state index contributed by atoms with van der Waals surface area (Å²) >= 11 is 0. The summed E-state index contributed by atoms with van der Waals surface area (Å²) in [7, 11) is 3.24. The molecule has 2 atom stereocenters. The number of carbonyl (C=O) groups excluding carboxylic acids is 1. The van der Waals surface area contributed by atoms with Crippen LogP contribution in [-0.4, -0.2) is 53.6 Å². The number of hydrogen-bond donors (Lipinski definition) is 1. The minimum Gasteiger partial charge on any atom is -0.493 e. The smallest absolute Gasteiger partial charge is 0.217 e. The van der Waals surface area contributed by atoms with Gasteiger partial charge >= 0.3 is 0 Å². The van der Waals surface area contributed by atoms with Crippen LogP contribution in [0, 0.1) is 5.92 Å². The molecule has 180 valence electrons. The van der Waals surface area contributed by atoms with Gasteiger partial charge < -0.3 is 14.2 Å². The highest BCUT2D eigenvalue weighted by molar-refractivity contribution is 6.84. The predicted molar refractivity (Wildman–Crippen MR) is 130 cm³/mol. The number of carbonyl (C=O) groups is 1. The van der Waals surface area contributed by atoms with E-state index in [1.165, 1.54) is 18.4 Å². The van der Waals surface area contributed by atoms with Crippen molar-refractivity contribution < 1.29 is 19.0 Å². The first kappa shape index (κ1) is 26.6. The van der Waals surface area contributed by atoms with E-state index in [2.05, 4.69) is 46.9 Å². The topological polar surface area (TPSA) is 56.8 Å². The molecule has 0 amide bonds. The molecule has 0 unspecified atom stereocenters. The second-order valence-corrected chi connectivity index (χ2v) is 16.6. The zero-order valence-corrected chi connectivity index (χ0v) is 22.5. The molecule has 0 saturated heterocycles. The average molecular weight is 454 g/mol. The second kappa shape index (κ2) is 11.0. The average Bonchev–Trinajstić information content (AvgIpc) is 2.84. The molecule has 2 aliphatic rings. The number of hydrogen-bond acceptors (Lipinski definition) is 5. The molecule has 0 heterocycles. The largest absolute Gasteiger partial charge is 0.493 e. The van der Waals surface area contributed by atoms with Gasteiger partial charge in [-0.25, -0.2) is 0 Å². The maximum Gasteiger partial charge on any atom is 0.217 e. The van der Waals surface area contributed by atoms with Crippen LogP contribution in [0.1, 0.15) is 73.6 Å². The first-order valence-corrected chi connectivity index (χ1v) is 14.7. The van der Waals surface area contributed by atoms with Crippen molar-refractivity contribution in [2.45, 2.75) is 108 Å². The summed E-state index contributed by atoms with van der Waals surface area (Å²) in [5, 5.41) is 3.65. The molecule has 0 spiro atoms. The van der Waals surface area contributed by atoms with Crippen molar-refractivity contribution in [1.82, 2.24) is 5.32 Å². The van der Waals surface area contributed by atoms with Crippen LogP contribution >= 0.6 is 0 Å². The Balaban J connectivity index is 2.53. The highest BCUT2D eigenvalue weighted by Crippen LogP contribution is 2.53. The summed E-state index contributed by atoms with van der Waals surface area (Å²) in [5.74, 6) is 1.00. The summed E-state index contributed by atoms with van der Waals surface area (Å²) < 4.78 is 16.7. The number of fused-ring (bicyclic) bond motifs is 1. The van der Waals surface area contributed by atoms with E-state index in [1.807, 2.05) is 0 Å². The Bertz CT molecular complexity index is 620. The predicted octanol–water partition coefficient (Wildman–Crippen LogP) is 5.68. The molecule has 2 aliphatic carbocycles. The minimum absolute atomic E-state index is 0.155. The molecule has 0 aromatic rings. The molecular weight excluding hydrogens is 406 g/mol. The third-order valence-corrected chi connectivity index (χ3v) is 16.0. The van der Waals surface area contributed by atoms with Gasteiger partial charge in [0.2, 0.25) is 5.78 Å². The molecule has 1 fully saturated rings. The summed E-state index contributed by atoms with van der Waals surface area (Å²) in [4.78, 5) is 13.9. The molecule has 0 bridgehead atoms. The third-order valence-electron chi connectivity index (χ3n) is 8.52. The van der Waals surface area contributed by atoms with Crippen LogP contribution in [0.25, 0.3) is 0 Å².